The summed E-state index contributed by atoms with van der Waals surface area (Å²) in [5, 5.41) is 20.3. The van der Waals surface area contributed by atoms with E-state index in [9.17, 15) is 18.3 Å². The van der Waals surface area contributed by atoms with Gasteiger partial charge < -0.3 is 5.11 Å². The van der Waals surface area contributed by atoms with Crippen molar-refractivity contribution in [1.82, 2.24) is 30.0 Å². The van der Waals surface area contributed by atoms with Crippen molar-refractivity contribution in [3.8, 4) is 5.69 Å². The molecule has 0 fully saturated rings. The van der Waals surface area contributed by atoms with Gasteiger partial charge in [0.25, 0.3) is 0 Å². The number of imidazole rings is 1. The summed E-state index contributed by atoms with van der Waals surface area (Å²) in [5.41, 5.74) is 0.512. The van der Waals surface area contributed by atoms with E-state index in [1.165, 1.54) is 17.7 Å². The lowest BCUT2D eigenvalue weighted by Gasteiger charge is -2.13. The number of pyridine rings is 1. The van der Waals surface area contributed by atoms with Gasteiger partial charge in [0.15, 0.2) is 17.7 Å². The van der Waals surface area contributed by atoms with Crippen molar-refractivity contribution in [2.45, 2.75) is 12.4 Å². The molecule has 26 heavy (non-hydrogen) atoms. The standard InChI is InChI=1S/C16H13F3N6O/c1-20-15(26)14-22-11-4-5-12(16(17,18)19)23-13(11)25(14)9-2-3-10-8(6-9)7-21-24-10/h2-7,15,20,26H,1H3,(H,21,24). The average Bonchev–Trinajstić information content (AvgIpc) is 3.22. The van der Waals surface area contributed by atoms with Gasteiger partial charge in [-0.1, -0.05) is 0 Å². The molecule has 0 aliphatic heterocycles. The van der Waals surface area contributed by atoms with Gasteiger partial charge in [-0.25, -0.2) is 9.97 Å². The molecule has 0 spiro atoms. The topological polar surface area (TPSA) is 91.6 Å². The molecule has 10 heteroatoms. The fourth-order valence-electron chi connectivity index (χ4n) is 2.77. The van der Waals surface area contributed by atoms with Crippen LogP contribution in [-0.4, -0.2) is 36.9 Å². The summed E-state index contributed by atoms with van der Waals surface area (Å²) in [7, 11) is 1.52. The summed E-state index contributed by atoms with van der Waals surface area (Å²) in [6.45, 7) is 0. The largest absolute Gasteiger partial charge is 0.433 e. The Bertz CT molecular complexity index is 1100. The third-order valence-electron chi connectivity index (χ3n) is 4.02. The predicted octanol–water partition coefficient (Wildman–Crippen LogP) is 2.53. The lowest BCUT2D eigenvalue weighted by molar-refractivity contribution is -0.141. The summed E-state index contributed by atoms with van der Waals surface area (Å²) in [6, 6.07) is 7.27. The van der Waals surface area contributed by atoms with Gasteiger partial charge in [0.05, 0.1) is 11.7 Å². The molecule has 1 aromatic carbocycles. The molecule has 0 radical (unpaired) electrons. The van der Waals surface area contributed by atoms with E-state index in [0.717, 1.165) is 17.0 Å². The maximum atomic E-state index is 13.1. The van der Waals surface area contributed by atoms with E-state index in [-0.39, 0.29) is 17.0 Å². The Morgan fingerprint density at radius 3 is 2.73 bits per heavy atom. The number of aromatic amines is 1. The maximum Gasteiger partial charge on any atom is 0.433 e. The van der Waals surface area contributed by atoms with Gasteiger partial charge in [0.1, 0.15) is 11.2 Å². The molecule has 134 valence electrons. The summed E-state index contributed by atoms with van der Waals surface area (Å²) < 4.78 is 40.6. The van der Waals surface area contributed by atoms with Crippen molar-refractivity contribution in [2.24, 2.45) is 0 Å². The first-order chi connectivity index (χ1) is 12.4. The summed E-state index contributed by atoms with van der Waals surface area (Å²) in [6.07, 6.45) is -4.17. The minimum atomic E-state index is -4.58. The Labute approximate surface area is 144 Å². The van der Waals surface area contributed by atoms with Gasteiger partial charge in [-0.05, 0) is 37.4 Å². The first kappa shape index (κ1) is 16.5. The average molecular weight is 362 g/mol. The molecule has 4 rings (SSSR count). The highest BCUT2D eigenvalue weighted by Crippen LogP contribution is 2.31. The van der Waals surface area contributed by atoms with Crippen LogP contribution in [-0.2, 0) is 6.18 Å². The molecule has 0 aliphatic rings. The minimum Gasteiger partial charge on any atom is -0.371 e. The first-order valence-corrected chi connectivity index (χ1v) is 7.64. The number of benzene rings is 1. The van der Waals surface area contributed by atoms with Gasteiger partial charge in [-0.2, -0.15) is 18.3 Å². The number of hydrogen-bond donors (Lipinski definition) is 3. The van der Waals surface area contributed by atoms with Crippen molar-refractivity contribution < 1.29 is 18.3 Å². The van der Waals surface area contributed by atoms with Crippen LogP contribution >= 0.6 is 0 Å². The molecule has 3 N–H and O–H groups in total. The summed E-state index contributed by atoms with van der Waals surface area (Å²) >= 11 is 0. The third kappa shape index (κ3) is 2.59. The van der Waals surface area contributed by atoms with E-state index in [2.05, 4.69) is 25.5 Å². The number of nitrogens with one attached hydrogen (secondary N) is 2. The number of fused-ring (bicyclic) bond motifs is 2. The monoisotopic (exact) mass is 362 g/mol. The Morgan fingerprint density at radius 2 is 2.00 bits per heavy atom. The number of aliphatic hydroxyl groups excluding tert-OH is 1. The van der Waals surface area contributed by atoms with Crippen molar-refractivity contribution >= 4 is 22.1 Å². The quantitative estimate of drug-likeness (QED) is 0.487. The van der Waals surface area contributed by atoms with Crippen LogP contribution in [0, 0.1) is 0 Å². The lowest BCUT2D eigenvalue weighted by Crippen LogP contribution is -2.20. The third-order valence-corrected chi connectivity index (χ3v) is 4.02. The van der Waals surface area contributed by atoms with Gasteiger partial charge in [0.2, 0.25) is 0 Å². The van der Waals surface area contributed by atoms with Crippen LogP contribution in [0.5, 0.6) is 0 Å². The molecule has 0 bridgehead atoms. The Hall–Kier alpha value is -2.98. The van der Waals surface area contributed by atoms with Crippen LogP contribution in [0.15, 0.2) is 36.5 Å². The van der Waals surface area contributed by atoms with E-state index in [1.54, 1.807) is 24.4 Å². The number of aliphatic hydroxyl groups is 1. The molecule has 1 atom stereocenters. The highest BCUT2D eigenvalue weighted by Gasteiger charge is 2.33. The van der Waals surface area contributed by atoms with Crippen LogP contribution in [0.4, 0.5) is 13.2 Å². The number of alkyl halides is 3. The van der Waals surface area contributed by atoms with Gasteiger partial charge in [-0.15, -0.1) is 0 Å². The van der Waals surface area contributed by atoms with Gasteiger partial charge in [-0.3, -0.25) is 15.0 Å². The van der Waals surface area contributed by atoms with Crippen LogP contribution in [0.2, 0.25) is 0 Å². The molecule has 1 unspecified atom stereocenters. The number of H-pyrrole nitrogens is 1. The van der Waals surface area contributed by atoms with Crippen molar-refractivity contribution in [3.05, 3.63) is 48.0 Å². The zero-order valence-corrected chi connectivity index (χ0v) is 13.4. The fourth-order valence-corrected chi connectivity index (χ4v) is 2.77. The number of aromatic nitrogens is 5. The second-order valence-electron chi connectivity index (χ2n) is 5.68. The molecular formula is C16H13F3N6O. The first-order valence-electron chi connectivity index (χ1n) is 7.64. The summed E-state index contributed by atoms with van der Waals surface area (Å²) in [5.74, 6) is 0.136. The normalized spacial score (nSPS) is 13.6. The molecule has 3 aromatic heterocycles. The molecule has 0 saturated heterocycles. The van der Waals surface area contributed by atoms with Crippen molar-refractivity contribution in [1.29, 1.82) is 0 Å². The Kier molecular flexibility index (Phi) is 3.67. The molecule has 3 heterocycles. The van der Waals surface area contributed by atoms with Crippen LogP contribution in [0.1, 0.15) is 17.7 Å². The van der Waals surface area contributed by atoms with Crippen LogP contribution in [0.3, 0.4) is 0 Å². The van der Waals surface area contributed by atoms with E-state index in [1.807, 2.05) is 0 Å². The van der Waals surface area contributed by atoms with Crippen LogP contribution in [0.25, 0.3) is 27.8 Å². The SMILES string of the molecule is CNC(O)c1nc2ccc(C(F)(F)F)nc2n1-c1ccc2[nH]ncc2c1. The van der Waals surface area contributed by atoms with Gasteiger partial charge >= 0.3 is 6.18 Å². The molecule has 0 aliphatic carbocycles. The van der Waals surface area contributed by atoms with Crippen molar-refractivity contribution in [2.75, 3.05) is 7.05 Å². The molecule has 7 nitrogen and oxygen atoms in total. The van der Waals surface area contributed by atoms with E-state index < -0.39 is 18.1 Å². The zero-order chi connectivity index (χ0) is 18.5. The molecule has 0 amide bonds. The number of rotatable bonds is 3. The van der Waals surface area contributed by atoms with E-state index in [4.69, 9.17) is 0 Å². The van der Waals surface area contributed by atoms with E-state index >= 15 is 0 Å². The Balaban J connectivity index is 2.02. The summed E-state index contributed by atoms with van der Waals surface area (Å²) in [4.78, 5) is 7.99. The second kappa shape index (κ2) is 5.78. The Morgan fingerprint density at radius 1 is 1.19 bits per heavy atom. The number of hydrogen-bond acceptors (Lipinski definition) is 5. The maximum absolute atomic E-state index is 13.1. The highest BCUT2D eigenvalue weighted by atomic mass is 19.4. The minimum absolute atomic E-state index is 0.00645. The van der Waals surface area contributed by atoms with Gasteiger partial charge in [0, 0.05) is 11.1 Å². The highest BCUT2D eigenvalue weighted by molar-refractivity contribution is 5.82. The predicted molar refractivity (Wildman–Crippen MR) is 87.5 cm³/mol. The zero-order valence-electron chi connectivity index (χ0n) is 13.4. The molecular weight excluding hydrogens is 349 g/mol. The van der Waals surface area contributed by atoms with Crippen LogP contribution < -0.4 is 5.32 Å². The van der Waals surface area contributed by atoms with E-state index in [0.29, 0.717) is 5.69 Å². The number of halogens is 3. The van der Waals surface area contributed by atoms with Crippen molar-refractivity contribution in [3.63, 3.8) is 0 Å². The number of nitrogens with zero attached hydrogens (tertiary/aromatic N) is 4. The molecule has 0 saturated carbocycles. The molecule has 4 aromatic rings. The second-order valence-corrected chi connectivity index (χ2v) is 5.68. The smallest absolute Gasteiger partial charge is 0.371 e. The lowest BCUT2D eigenvalue weighted by atomic mass is 10.2. The fraction of sp³-hybridized carbons (Fsp3) is 0.188.